The molecule has 1 saturated heterocycles. The third kappa shape index (κ3) is 2.60. The van der Waals surface area contributed by atoms with Crippen molar-refractivity contribution in [3.63, 3.8) is 0 Å². The molecule has 0 spiro atoms. The Hall–Kier alpha value is -1.90. The second-order valence-electron chi connectivity index (χ2n) is 5.16. The molecule has 1 atom stereocenters. The number of tetrazole rings is 1. The van der Waals surface area contributed by atoms with E-state index in [0.29, 0.717) is 36.3 Å². The summed E-state index contributed by atoms with van der Waals surface area (Å²) < 4.78 is 16.4. The van der Waals surface area contributed by atoms with E-state index in [1.54, 1.807) is 6.07 Å². The number of rotatable bonds is 3. The van der Waals surface area contributed by atoms with Crippen molar-refractivity contribution >= 4 is 11.6 Å². The quantitative estimate of drug-likeness (QED) is 0.907. The summed E-state index contributed by atoms with van der Waals surface area (Å²) >= 11 is 6.33. The van der Waals surface area contributed by atoms with Crippen LogP contribution in [0.3, 0.4) is 0 Å². The number of hydrogen-bond donors (Lipinski definition) is 1. The lowest BCUT2D eigenvalue weighted by molar-refractivity contribution is -0.0372. The largest absolute Gasteiger partial charge is 0.454 e. The number of aromatic amines is 1. The molecular weight excluding hydrogens is 310 g/mol. The van der Waals surface area contributed by atoms with E-state index in [4.69, 9.17) is 25.8 Å². The number of aromatic nitrogens is 4. The van der Waals surface area contributed by atoms with E-state index >= 15 is 0 Å². The van der Waals surface area contributed by atoms with Gasteiger partial charge in [-0.15, -0.1) is 10.2 Å². The first-order chi connectivity index (χ1) is 10.8. The van der Waals surface area contributed by atoms with Gasteiger partial charge in [0.2, 0.25) is 12.6 Å². The van der Waals surface area contributed by atoms with Gasteiger partial charge < -0.3 is 14.2 Å². The Morgan fingerprint density at radius 3 is 3.00 bits per heavy atom. The highest BCUT2D eigenvalue weighted by molar-refractivity contribution is 6.31. The highest BCUT2D eigenvalue weighted by atomic mass is 35.5. The molecule has 2 aromatic rings. The number of nitrogens with zero attached hydrogens (tertiary/aromatic N) is 4. The maximum Gasteiger partial charge on any atom is 0.231 e. The van der Waals surface area contributed by atoms with Crippen molar-refractivity contribution in [2.24, 2.45) is 0 Å². The summed E-state index contributed by atoms with van der Waals surface area (Å²) in [6.07, 6.45) is -0.180. The van der Waals surface area contributed by atoms with Crippen LogP contribution < -0.4 is 9.47 Å². The van der Waals surface area contributed by atoms with Crippen LogP contribution in [0.15, 0.2) is 12.1 Å². The normalized spacial score (nSPS) is 21.2. The Balaban J connectivity index is 1.49. The molecule has 0 radical (unpaired) electrons. The predicted octanol–water partition coefficient (Wildman–Crippen LogP) is 1.16. The summed E-state index contributed by atoms with van der Waals surface area (Å²) in [6, 6.07) is 3.74. The molecule has 22 heavy (non-hydrogen) atoms. The number of H-pyrrole nitrogens is 1. The molecule has 8 nitrogen and oxygen atoms in total. The van der Waals surface area contributed by atoms with Gasteiger partial charge in [-0.3, -0.25) is 4.90 Å². The lowest BCUT2D eigenvalue weighted by Crippen LogP contribution is -2.38. The standard InChI is InChI=1S/C13H14ClN5O3/c14-9-4-11-10(21-7-22-11)3-8(9)5-19-1-2-20-12(6-19)13-15-17-18-16-13/h3-4,12H,1-2,5-7H2,(H,15,16,17,18). The minimum absolute atomic E-state index is 0.180. The van der Waals surface area contributed by atoms with E-state index in [0.717, 1.165) is 17.9 Å². The third-order valence-electron chi connectivity index (χ3n) is 3.74. The Morgan fingerprint density at radius 2 is 2.18 bits per heavy atom. The molecule has 1 fully saturated rings. The lowest BCUT2D eigenvalue weighted by Gasteiger charge is -2.31. The first-order valence-corrected chi connectivity index (χ1v) is 7.33. The zero-order chi connectivity index (χ0) is 14.9. The van der Waals surface area contributed by atoms with Crippen LogP contribution in [0.2, 0.25) is 5.02 Å². The lowest BCUT2D eigenvalue weighted by atomic mass is 10.1. The number of ether oxygens (including phenoxy) is 3. The molecule has 0 amide bonds. The van der Waals surface area contributed by atoms with Gasteiger partial charge in [-0.25, -0.2) is 0 Å². The van der Waals surface area contributed by atoms with E-state index in [-0.39, 0.29) is 12.9 Å². The fourth-order valence-electron chi connectivity index (χ4n) is 2.63. The van der Waals surface area contributed by atoms with Crippen molar-refractivity contribution < 1.29 is 14.2 Å². The highest BCUT2D eigenvalue weighted by Crippen LogP contribution is 2.37. The van der Waals surface area contributed by atoms with Crippen molar-refractivity contribution in [3.8, 4) is 11.5 Å². The summed E-state index contributed by atoms with van der Waals surface area (Å²) in [7, 11) is 0. The van der Waals surface area contributed by atoms with Crippen LogP contribution in [0.25, 0.3) is 0 Å². The van der Waals surface area contributed by atoms with Gasteiger partial charge in [-0.2, -0.15) is 5.21 Å². The monoisotopic (exact) mass is 323 g/mol. The molecule has 1 aromatic carbocycles. The van der Waals surface area contributed by atoms with Crippen LogP contribution >= 0.6 is 11.6 Å². The Kier molecular flexibility index (Phi) is 3.57. The van der Waals surface area contributed by atoms with Crippen molar-refractivity contribution in [1.82, 2.24) is 25.5 Å². The van der Waals surface area contributed by atoms with Crippen LogP contribution in [0.4, 0.5) is 0 Å². The number of nitrogens with one attached hydrogen (secondary N) is 1. The fraction of sp³-hybridized carbons (Fsp3) is 0.462. The summed E-state index contributed by atoms with van der Waals surface area (Å²) in [5.41, 5.74) is 1.000. The molecule has 1 N–H and O–H groups in total. The minimum atomic E-state index is -0.180. The van der Waals surface area contributed by atoms with E-state index in [9.17, 15) is 0 Å². The third-order valence-corrected chi connectivity index (χ3v) is 4.09. The van der Waals surface area contributed by atoms with Crippen molar-refractivity contribution in [1.29, 1.82) is 0 Å². The van der Waals surface area contributed by atoms with Crippen LogP contribution in [0.5, 0.6) is 11.5 Å². The SMILES string of the molecule is Clc1cc2c(cc1CN1CCOC(c3nn[nH]n3)C1)OCO2. The summed E-state index contributed by atoms with van der Waals surface area (Å²) in [5.74, 6) is 2.00. The van der Waals surface area contributed by atoms with Crippen LogP contribution in [0.1, 0.15) is 17.5 Å². The smallest absolute Gasteiger partial charge is 0.231 e. The summed E-state index contributed by atoms with van der Waals surface area (Å²) in [4.78, 5) is 2.24. The Morgan fingerprint density at radius 1 is 1.32 bits per heavy atom. The van der Waals surface area contributed by atoms with Gasteiger partial charge in [0, 0.05) is 30.7 Å². The molecule has 2 aliphatic rings. The maximum atomic E-state index is 6.33. The Labute approximate surface area is 131 Å². The van der Waals surface area contributed by atoms with Gasteiger partial charge in [0.25, 0.3) is 0 Å². The van der Waals surface area contributed by atoms with Gasteiger partial charge in [0.1, 0.15) is 6.10 Å². The van der Waals surface area contributed by atoms with Crippen molar-refractivity contribution in [2.75, 3.05) is 26.5 Å². The average molecular weight is 324 g/mol. The van der Waals surface area contributed by atoms with Gasteiger partial charge in [-0.05, 0) is 11.6 Å². The van der Waals surface area contributed by atoms with Crippen LogP contribution in [-0.2, 0) is 11.3 Å². The molecule has 2 aliphatic heterocycles. The van der Waals surface area contributed by atoms with Crippen LogP contribution in [0, 0.1) is 0 Å². The molecule has 1 aromatic heterocycles. The zero-order valence-corrected chi connectivity index (χ0v) is 12.4. The molecule has 0 bridgehead atoms. The molecule has 0 saturated carbocycles. The zero-order valence-electron chi connectivity index (χ0n) is 11.7. The summed E-state index contributed by atoms with van der Waals surface area (Å²) in [5, 5.41) is 14.7. The van der Waals surface area contributed by atoms with Gasteiger partial charge in [-0.1, -0.05) is 16.8 Å². The van der Waals surface area contributed by atoms with Gasteiger partial charge in [0.05, 0.1) is 6.61 Å². The maximum absolute atomic E-state index is 6.33. The van der Waals surface area contributed by atoms with E-state index < -0.39 is 0 Å². The molecular formula is C13H14ClN5O3. The number of morpholine rings is 1. The average Bonchev–Trinajstić information content (AvgIpc) is 3.19. The number of hydrogen-bond acceptors (Lipinski definition) is 7. The topological polar surface area (TPSA) is 85.4 Å². The molecule has 4 rings (SSSR count). The van der Waals surface area contributed by atoms with E-state index in [1.165, 1.54) is 0 Å². The first kappa shape index (κ1) is 13.7. The minimum Gasteiger partial charge on any atom is -0.454 e. The van der Waals surface area contributed by atoms with E-state index in [1.807, 2.05) is 6.07 Å². The van der Waals surface area contributed by atoms with Crippen molar-refractivity contribution in [2.45, 2.75) is 12.6 Å². The molecule has 1 unspecified atom stereocenters. The van der Waals surface area contributed by atoms with Gasteiger partial charge >= 0.3 is 0 Å². The number of fused-ring (bicyclic) bond motifs is 1. The Bertz CT molecular complexity index is 666. The van der Waals surface area contributed by atoms with Crippen molar-refractivity contribution in [3.05, 3.63) is 28.5 Å². The molecule has 3 heterocycles. The van der Waals surface area contributed by atoms with Gasteiger partial charge in [0.15, 0.2) is 11.5 Å². The number of halogens is 1. The second kappa shape index (κ2) is 5.71. The molecule has 0 aliphatic carbocycles. The summed E-state index contributed by atoms with van der Waals surface area (Å²) in [6.45, 7) is 3.06. The first-order valence-electron chi connectivity index (χ1n) is 6.95. The van der Waals surface area contributed by atoms with E-state index in [2.05, 4.69) is 25.5 Å². The fourth-order valence-corrected chi connectivity index (χ4v) is 2.84. The highest BCUT2D eigenvalue weighted by Gasteiger charge is 2.26. The van der Waals surface area contributed by atoms with Crippen LogP contribution in [-0.4, -0.2) is 52.0 Å². The predicted molar refractivity (Wildman–Crippen MR) is 75.7 cm³/mol. The molecule has 9 heteroatoms. The molecule has 116 valence electrons. The second-order valence-corrected chi connectivity index (χ2v) is 5.57. The number of benzene rings is 1.